The molecule has 20 heavy (non-hydrogen) atoms. The molecule has 0 saturated heterocycles. The molecule has 0 fully saturated rings. The topological polar surface area (TPSA) is 370 Å². The Hall–Kier alpha value is -2.81. The van der Waals surface area contributed by atoms with Gasteiger partial charge in [0.2, 0.25) is 0 Å². The maximum atomic E-state index is 8.25. The van der Waals surface area contributed by atoms with Gasteiger partial charge in [-0.05, 0) is 0 Å². The molecule has 0 radical (unpaired) electrons. The Morgan fingerprint density at radius 3 is 0.400 bits per heavy atom. The van der Waals surface area contributed by atoms with Crippen LogP contribution in [0, 0.1) is 61.3 Å². The van der Waals surface area contributed by atoms with E-state index in [9.17, 15) is 0 Å². The first kappa shape index (κ1) is 53.4. The van der Waals surface area contributed by atoms with Crippen LogP contribution in [0.1, 0.15) is 0 Å². The molecule has 0 unspecified atom stereocenters. The van der Waals surface area contributed by atoms with Crippen LogP contribution in [0.3, 0.4) is 0 Å². The van der Waals surface area contributed by atoms with Crippen LogP contribution in [-0.2, 0) is 16.8 Å². The van der Waals surface area contributed by atoms with E-state index in [0.29, 0.717) is 0 Å². The van der Waals surface area contributed by atoms with E-state index in [1.165, 1.54) is 0 Å². The summed E-state index contributed by atoms with van der Waals surface area (Å²) >= 11 is 0. The second-order valence-electron chi connectivity index (χ2n) is 0.894. The molecule has 0 aliphatic heterocycles. The van der Waals surface area contributed by atoms with E-state index in [2.05, 4.69) is 0 Å². The van der Waals surface area contributed by atoms with Crippen LogP contribution in [0.25, 0.3) is 0 Å². The fourth-order valence-corrected chi connectivity index (χ4v) is 0. The standard InChI is InChI=1S/Co.4NO3.3H3N/c;4*2-1(3)4;;;/h;;;;;3*1H3/q+3;4*-1;;;. The van der Waals surface area contributed by atoms with Crippen LogP contribution in [0.5, 0.6) is 0 Å². The van der Waals surface area contributed by atoms with Crippen molar-refractivity contribution in [2.45, 2.75) is 0 Å². The molecule has 0 saturated carbocycles. The molecule has 0 bridgehead atoms. The van der Waals surface area contributed by atoms with Gasteiger partial charge >= 0.3 is 16.8 Å². The largest absolute Gasteiger partial charge is 3.00 e. The first-order valence-electron chi connectivity index (χ1n) is 2.19. The zero-order valence-electron chi connectivity index (χ0n) is 9.14. The van der Waals surface area contributed by atoms with Gasteiger partial charge in [0, 0.05) is 0 Å². The van der Waals surface area contributed by atoms with Gasteiger partial charge in [-0.3, -0.25) is 0 Å². The van der Waals surface area contributed by atoms with E-state index in [0.717, 1.165) is 0 Å². The van der Waals surface area contributed by atoms with Gasteiger partial charge in [0.05, 0.1) is 20.3 Å². The third-order valence-corrected chi connectivity index (χ3v) is 0. The van der Waals surface area contributed by atoms with E-state index >= 15 is 0 Å². The maximum absolute atomic E-state index is 8.25. The molecule has 0 spiro atoms. The number of hydrogen-bond donors (Lipinski definition) is 3. The molecule has 0 aromatic rings. The monoisotopic (exact) mass is 358 g/mol. The van der Waals surface area contributed by atoms with Crippen molar-refractivity contribution in [1.29, 1.82) is 0 Å². The van der Waals surface area contributed by atoms with Crippen LogP contribution in [0.4, 0.5) is 0 Å². The van der Waals surface area contributed by atoms with Gasteiger partial charge in [0.15, 0.2) is 0 Å². The molecule has 0 aromatic carbocycles. The Kier molecular flexibility index (Phi) is 118. The SMILES string of the molecule is N.N.N.O=[N+]([O-])[O-].O=[N+]([O-])[O-].O=[N+]([O-])[O-].O=[N+]([O-])[O-].[Co+3]. The fourth-order valence-electron chi connectivity index (χ4n) is 0. The van der Waals surface area contributed by atoms with Crippen molar-refractivity contribution in [2.75, 3.05) is 0 Å². The van der Waals surface area contributed by atoms with E-state index in [1.807, 2.05) is 0 Å². The van der Waals surface area contributed by atoms with Gasteiger partial charge in [0.1, 0.15) is 0 Å². The van der Waals surface area contributed by atoms with Crippen molar-refractivity contribution < 1.29 is 37.1 Å². The van der Waals surface area contributed by atoms with E-state index in [4.69, 9.17) is 61.3 Å². The third-order valence-electron chi connectivity index (χ3n) is 0. The van der Waals surface area contributed by atoms with Crippen molar-refractivity contribution in [1.82, 2.24) is 18.5 Å². The minimum absolute atomic E-state index is 0. The van der Waals surface area contributed by atoms with E-state index in [1.54, 1.807) is 0 Å². The average Bonchev–Trinajstić information content (AvgIpc) is 1.76. The second-order valence-corrected chi connectivity index (χ2v) is 0.894. The van der Waals surface area contributed by atoms with Crippen LogP contribution in [-0.4, -0.2) is 20.3 Å². The summed E-state index contributed by atoms with van der Waals surface area (Å²) in [5.74, 6) is 0. The zero-order valence-corrected chi connectivity index (χ0v) is 10.2. The molecule has 0 rings (SSSR count). The van der Waals surface area contributed by atoms with Crippen molar-refractivity contribution in [2.24, 2.45) is 0 Å². The summed E-state index contributed by atoms with van der Waals surface area (Å²) in [6.45, 7) is 0. The molecule has 20 heteroatoms. The number of hydrogen-bond acceptors (Lipinski definition) is 15. The molecule has 0 heterocycles. The molecule has 0 atom stereocenters. The third kappa shape index (κ3) is 386. The summed E-state index contributed by atoms with van der Waals surface area (Å²) in [6, 6.07) is 0. The Labute approximate surface area is 118 Å². The van der Waals surface area contributed by atoms with Crippen LogP contribution in [0.2, 0.25) is 0 Å². The van der Waals surface area contributed by atoms with Gasteiger partial charge in [-0.25, -0.2) is 0 Å². The first-order chi connectivity index (χ1) is 6.93. The van der Waals surface area contributed by atoms with Gasteiger partial charge in [-0.15, -0.1) is 0 Å². The van der Waals surface area contributed by atoms with Gasteiger partial charge in [-0.2, -0.15) is 0 Å². The summed E-state index contributed by atoms with van der Waals surface area (Å²) in [6.07, 6.45) is 0. The Bertz CT molecular complexity index is 164. The summed E-state index contributed by atoms with van der Waals surface area (Å²) in [5, 5.41) is 59.0. The van der Waals surface area contributed by atoms with Crippen molar-refractivity contribution in [3.63, 3.8) is 0 Å². The van der Waals surface area contributed by atoms with Gasteiger partial charge in [0.25, 0.3) is 0 Å². The zero-order chi connectivity index (χ0) is 14.3. The van der Waals surface area contributed by atoms with E-state index in [-0.39, 0.29) is 35.2 Å². The Morgan fingerprint density at radius 1 is 0.400 bits per heavy atom. The quantitative estimate of drug-likeness (QED) is 0.363. The molecule has 0 aliphatic carbocycles. The van der Waals surface area contributed by atoms with Crippen molar-refractivity contribution in [3.8, 4) is 0 Å². The van der Waals surface area contributed by atoms with Crippen molar-refractivity contribution in [3.05, 3.63) is 61.3 Å². The van der Waals surface area contributed by atoms with Crippen LogP contribution < -0.4 is 18.5 Å². The molecule has 19 nitrogen and oxygen atoms in total. The predicted octanol–water partition coefficient (Wildman–Crippen LogP) is -0.473. The molecule has 126 valence electrons. The normalized spacial score (nSPS) is 4.80. The van der Waals surface area contributed by atoms with Crippen LogP contribution in [0.15, 0.2) is 0 Å². The summed E-state index contributed by atoms with van der Waals surface area (Å²) in [5.41, 5.74) is 0. The van der Waals surface area contributed by atoms with E-state index < -0.39 is 20.3 Å². The number of rotatable bonds is 0. The Balaban J connectivity index is -0.0000000150. The molecule has 9 N–H and O–H groups in total. The maximum Gasteiger partial charge on any atom is 3.00 e. The first-order valence-corrected chi connectivity index (χ1v) is 2.19. The fraction of sp³-hybridized carbons (Fsp3) is 0. The second kappa shape index (κ2) is 44.2. The van der Waals surface area contributed by atoms with Gasteiger partial charge in [-0.1, -0.05) is 0 Å². The van der Waals surface area contributed by atoms with Crippen LogP contribution >= 0.6 is 0 Å². The summed E-state index contributed by atoms with van der Waals surface area (Å²) in [4.78, 5) is 33.0. The Morgan fingerprint density at radius 2 is 0.400 bits per heavy atom. The van der Waals surface area contributed by atoms with Crippen molar-refractivity contribution >= 4 is 0 Å². The predicted molar refractivity (Wildman–Crippen MR) is 56.5 cm³/mol. The smallest absolute Gasteiger partial charge is 0.356 e. The molecule has 0 aromatic heterocycles. The van der Waals surface area contributed by atoms with Gasteiger partial charge < -0.3 is 79.7 Å². The molecular formula is H9CoN7O12-. The molecular weight excluding hydrogens is 349 g/mol. The molecule has 0 aliphatic rings. The number of nitrogens with zero attached hydrogens (tertiary/aromatic N) is 4. The summed E-state index contributed by atoms with van der Waals surface area (Å²) < 4.78 is 0. The molecule has 0 amide bonds. The summed E-state index contributed by atoms with van der Waals surface area (Å²) in [7, 11) is 0. The minimum atomic E-state index is -1.75. The average molecular weight is 358 g/mol. The minimum Gasteiger partial charge on any atom is -0.356 e.